The summed E-state index contributed by atoms with van der Waals surface area (Å²) in [6.07, 6.45) is -3.26. The second kappa shape index (κ2) is 2.60. The van der Waals surface area contributed by atoms with Crippen molar-refractivity contribution in [2.75, 3.05) is 0 Å². The van der Waals surface area contributed by atoms with Crippen molar-refractivity contribution in [1.82, 2.24) is 0 Å². The summed E-state index contributed by atoms with van der Waals surface area (Å²) in [6, 6.07) is 1.71. The van der Waals surface area contributed by atoms with Gasteiger partial charge in [-0.05, 0) is 6.42 Å². The molecule has 0 spiro atoms. The van der Waals surface area contributed by atoms with Crippen molar-refractivity contribution in [3.63, 3.8) is 0 Å². The van der Waals surface area contributed by atoms with Gasteiger partial charge in [-0.1, -0.05) is 19.4 Å². The molecule has 16 heavy (non-hydrogen) atoms. The van der Waals surface area contributed by atoms with Crippen molar-refractivity contribution >= 4 is 21.8 Å². The first-order valence-corrected chi connectivity index (χ1v) is 6.81. The van der Waals surface area contributed by atoms with Crippen molar-refractivity contribution in [3.8, 4) is 6.07 Å². The molecule has 0 aromatic carbocycles. The van der Waals surface area contributed by atoms with Crippen molar-refractivity contribution in [2.45, 2.75) is 29.3 Å². The van der Waals surface area contributed by atoms with Crippen molar-refractivity contribution in [3.05, 3.63) is 0 Å². The number of nitrogens with zero attached hydrogens (tertiary/aromatic N) is 1. The first-order valence-electron chi connectivity index (χ1n) is 4.36. The Kier molecular flexibility index (Phi) is 1.98. The van der Waals surface area contributed by atoms with Crippen LogP contribution in [0.1, 0.15) is 6.42 Å². The Labute approximate surface area is 93.0 Å². The minimum atomic E-state index is -9.66. The molecular weight excluding hydrogens is 277 g/mol. The second-order valence-corrected chi connectivity index (χ2v) is 7.15. The lowest BCUT2D eigenvalue weighted by Gasteiger charge is -2.49. The van der Waals surface area contributed by atoms with E-state index in [0.29, 0.717) is 0 Å². The lowest BCUT2D eigenvalue weighted by atomic mass is 9.90. The highest BCUT2D eigenvalue weighted by molar-refractivity contribution is 8.46. The molecule has 0 saturated carbocycles. The maximum atomic E-state index is 12.6. The monoisotopic (exact) mass is 283 g/mol. The molecule has 0 N–H and O–H groups in total. The van der Waals surface area contributed by atoms with Crippen molar-refractivity contribution in [1.29, 1.82) is 5.26 Å². The molecule has 0 amide bonds. The third-order valence-electron chi connectivity index (χ3n) is 2.89. The molecule has 2 saturated heterocycles. The molecule has 2 bridgehead atoms. The molecule has 5 unspecified atom stereocenters. The van der Waals surface area contributed by atoms with Gasteiger partial charge >= 0.3 is 0 Å². The van der Waals surface area contributed by atoms with E-state index in [2.05, 4.69) is 0 Å². The normalized spacial score (nSPS) is 47.2. The number of nitriles is 1. The van der Waals surface area contributed by atoms with E-state index in [-0.39, 0.29) is 6.42 Å². The summed E-state index contributed by atoms with van der Waals surface area (Å²) in [7, 11) is -9.66. The van der Waals surface area contributed by atoms with Crippen molar-refractivity contribution < 1.29 is 24.2 Å². The van der Waals surface area contributed by atoms with E-state index in [1.807, 2.05) is 0 Å². The largest absolute Gasteiger partial charge is 0.370 e. The highest BCUT2D eigenvalue weighted by Gasteiger charge is 2.79. The quantitative estimate of drug-likeness (QED) is 0.544. The van der Waals surface area contributed by atoms with Gasteiger partial charge in [0, 0.05) is 0 Å². The SMILES string of the molecule is N#CC1CC2OC1C(Cl)C2S(F)(F)(F)(F)F. The molecule has 0 radical (unpaired) electrons. The maximum Gasteiger partial charge on any atom is 0.292 e. The standard InChI is InChI=1S/C7H7ClF5NOS/c8-5-6-3(2-14)1-4(15-6)7(5)16(9,10,11,12)13/h3-7H,1H2. The fourth-order valence-corrected chi connectivity index (χ4v) is 4.67. The number of halogens is 6. The summed E-state index contributed by atoms with van der Waals surface area (Å²) in [4.78, 5) is 0. The Bertz CT molecular complexity index is 375. The van der Waals surface area contributed by atoms with Crippen LogP contribution in [-0.4, -0.2) is 22.8 Å². The van der Waals surface area contributed by atoms with Crippen LogP contribution in [0.2, 0.25) is 0 Å². The number of ether oxygens (including phenoxy) is 1. The van der Waals surface area contributed by atoms with Gasteiger partial charge in [-0.2, -0.15) is 5.26 Å². The van der Waals surface area contributed by atoms with E-state index in [1.54, 1.807) is 6.07 Å². The van der Waals surface area contributed by atoms with Gasteiger partial charge in [0.15, 0.2) is 0 Å². The lowest BCUT2D eigenvalue weighted by Crippen LogP contribution is -2.44. The second-order valence-electron chi connectivity index (χ2n) is 4.05. The molecular formula is C7H7ClF5NOS. The van der Waals surface area contributed by atoms with Crippen LogP contribution in [0.3, 0.4) is 0 Å². The van der Waals surface area contributed by atoms with Gasteiger partial charge in [0.2, 0.25) is 0 Å². The summed E-state index contributed by atoms with van der Waals surface area (Å²) < 4.78 is 67.8. The van der Waals surface area contributed by atoms with Crippen molar-refractivity contribution in [2.24, 2.45) is 5.92 Å². The van der Waals surface area contributed by atoms with Gasteiger partial charge < -0.3 is 4.74 Å². The van der Waals surface area contributed by atoms with Crippen LogP contribution in [0.15, 0.2) is 0 Å². The Morgan fingerprint density at radius 1 is 1.25 bits per heavy atom. The van der Waals surface area contributed by atoms with E-state index in [1.165, 1.54) is 0 Å². The first-order chi connectivity index (χ1) is 6.94. The van der Waals surface area contributed by atoms with Gasteiger partial charge in [0.25, 0.3) is 10.2 Å². The van der Waals surface area contributed by atoms with Crippen LogP contribution < -0.4 is 0 Å². The topological polar surface area (TPSA) is 33.0 Å². The molecule has 94 valence electrons. The van der Waals surface area contributed by atoms with Crippen LogP contribution in [0.4, 0.5) is 19.4 Å². The predicted octanol–water partition coefficient (Wildman–Crippen LogP) is 3.57. The highest BCUT2D eigenvalue weighted by atomic mass is 35.5. The summed E-state index contributed by atoms with van der Waals surface area (Å²) in [5, 5.41) is 3.77. The summed E-state index contributed by atoms with van der Waals surface area (Å²) in [5.74, 6) is -0.830. The van der Waals surface area contributed by atoms with E-state index in [0.717, 1.165) is 0 Å². The van der Waals surface area contributed by atoms with E-state index >= 15 is 0 Å². The van der Waals surface area contributed by atoms with Gasteiger partial charge in [-0.25, -0.2) is 0 Å². The number of alkyl halides is 1. The summed E-state index contributed by atoms with van der Waals surface area (Å²) >= 11 is 5.37. The molecule has 2 fully saturated rings. The Balaban J connectivity index is 2.36. The highest BCUT2D eigenvalue weighted by Crippen LogP contribution is 3.02. The van der Waals surface area contributed by atoms with Gasteiger partial charge in [-0.15, -0.1) is 11.6 Å². The molecule has 9 heteroatoms. The molecule has 2 heterocycles. The minimum absolute atomic E-state index is 0.333. The minimum Gasteiger partial charge on any atom is -0.370 e. The molecule has 0 aromatic heterocycles. The molecule has 5 atom stereocenters. The molecule has 2 aliphatic heterocycles. The molecule has 2 nitrogen and oxygen atoms in total. The van der Waals surface area contributed by atoms with Gasteiger partial charge in [0.1, 0.15) is 5.25 Å². The zero-order valence-corrected chi connectivity index (χ0v) is 9.20. The first kappa shape index (κ1) is 12.2. The average molecular weight is 284 g/mol. The summed E-state index contributed by atoms with van der Waals surface area (Å²) in [5.41, 5.74) is 0. The Morgan fingerprint density at radius 3 is 2.19 bits per heavy atom. The molecule has 0 aromatic rings. The number of fused-ring (bicyclic) bond motifs is 2. The average Bonchev–Trinajstić information content (AvgIpc) is 2.55. The van der Waals surface area contributed by atoms with E-state index < -0.39 is 39.0 Å². The van der Waals surface area contributed by atoms with Crippen LogP contribution in [0, 0.1) is 17.2 Å². The van der Waals surface area contributed by atoms with Crippen LogP contribution in [0.5, 0.6) is 0 Å². The number of rotatable bonds is 1. The predicted molar refractivity (Wildman–Crippen MR) is 48.9 cm³/mol. The van der Waals surface area contributed by atoms with Crippen LogP contribution in [0.25, 0.3) is 0 Å². The number of hydrogen-bond acceptors (Lipinski definition) is 2. The summed E-state index contributed by atoms with van der Waals surface area (Å²) in [6.45, 7) is 0. The smallest absolute Gasteiger partial charge is 0.292 e. The lowest BCUT2D eigenvalue weighted by molar-refractivity contribution is 0.0975. The molecule has 0 aliphatic carbocycles. The zero-order chi connectivity index (χ0) is 12.4. The third kappa shape index (κ3) is 1.75. The number of hydrogen-bond donors (Lipinski definition) is 0. The van der Waals surface area contributed by atoms with Crippen LogP contribution >= 0.6 is 21.8 Å². The third-order valence-corrected chi connectivity index (χ3v) is 5.18. The fourth-order valence-electron chi connectivity index (χ4n) is 2.30. The Morgan fingerprint density at radius 2 is 1.81 bits per heavy atom. The zero-order valence-electron chi connectivity index (χ0n) is 7.63. The van der Waals surface area contributed by atoms with Gasteiger partial charge in [0.05, 0.1) is 29.6 Å². The van der Waals surface area contributed by atoms with Gasteiger partial charge in [-0.3, -0.25) is 0 Å². The Hall–Kier alpha value is -0.260. The fraction of sp³-hybridized carbons (Fsp3) is 0.857. The van der Waals surface area contributed by atoms with Crippen LogP contribution in [-0.2, 0) is 4.74 Å². The van der Waals surface area contributed by atoms with E-state index in [4.69, 9.17) is 21.6 Å². The molecule has 2 rings (SSSR count). The molecule has 2 aliphatic rings. The van der Waals surface area contributed by atoms with E-state index in [9.17, 15) is 19.4 Å². The maximum absolute atomic E-state index is 12.6.